The normalized spacial score (nSPS) is 12.2. The molecule has 0 aliphatic carbocycles. The molecule has 1 aliphatic rings. The monoisotopic (exact) mass is 485 g/mol. The smallest absolute Gasteiger partial charge is 0.339 e. The van der Waals surface area contributed by atoms with E-state index < -0.39 is 30.3 Å². The topological polar surface area (TPSA) is 117 Å². The van der Waals surface area contributed by atoms with Gasteiger partial charge in [-0.2, -0.15) is 5.26 Å². The molecule has 1 aliphatic heterocycles. The number of benzene rings is 3. The Morgan fingerprint density at radius 2 is 1.71 bits per heavy atom. The van der Waals surface area contributed by atoms with Crippen molar-refractivity contribution in [2.75, 3.05) is 19.0 Å². The molecular weight excluding hydrogens is 466 g/mol. The van der Waals surface area contributed by atoms with Crippen LogP contribution in [0.25, 0.3) is 0 Å². The summed E-state index contributed by atoms with van der Waals surface area (Å²) in [6.45, 7) is -0.517. The predicted molar refractivity (Wildman–Crippen MR) is 129 cm³/mol. The molecule has 0 fully saturated rings. The number of rotatable bonds is 7. The first-order valence-corrected chi connectivity index (χ1v) is 11.5. The molecule has 3 aromatic rings. The fourth-order valence-electron chi connectivity index (χ4n) is 3.44. The molecule has 9 heteroatoms. The number of hydrogen-bond acceptors (Lipinski definition) is 7. The maximum atomic E-state index is 12.6. The highest BCUT2D eigenvalue weighted by Gasteiger charge is 2.32. The Morgan fingerprint density at radius 1 is 1.00 bits per heavy atom. The molecule has 0 aromatic heterocycles. The number of anilines is 1. The van der Waals surface area contributed by atoms with Crippen molar-refractivity contribution in [3.63, 3.8) is 0 Å². The molecule has 0 bridgehead atoms. The second-order valence-electron chi connectivity index (χ2n) is 7.65. The molecule has 0 atom stereocenters. The van der Waals surface area contributed by atoms with E-state index in [9.17, 15) is 19.2 Å². The van der Waals surface area contributed by atoms with Crippen LogP contribution in [-0.4, -0.2) is 42.2 Å². The highest BCUT2D eigenvalue weighted by atomic mass is 32.2. The van der Waals surface area contributed by atoms with Crippen molar-refractivity contribution >= 4 is 41.1 Å². The summed E-state index contributed by atoms with van der Waals surface area (Å²) in [6, 6.07) is 20.6. The molecule has 174 valence electrons. The number of nitriles is 1. The highest BCUT2D eigenvalue weighted by molar-refractivity contribution is 7.98. The first kappa shape index (κ1) is 23.7. The lowest BCUT2D eigenvalue weighted by Gasteiger charge is -2.10. The number of nitrogens with zero attached hydrogens (tertiary/aromatic N) is 2. The highest BCUT2D eigenvalue weighted by Crippen LogP contribution is 2.27. The molecular formula is C26H19N3O5S. The molecule has 8 nitrogen and oxygen atoms in total. The molecule has 3 amide bonds. The molecule has 0 radical (unpaired) electrons. The molecule has 0 unspecified atom stereocenters. The van der Waals surface area contributed by atoms with Crippen LogP contribution in [0.3, 0.4) is 0 Å². The van der Waals surface area contributed by atoms with Crippen molar-refractivity contribution < 1.29 is 23.9 Å². The Morgan fingerprint density at radius 3 is 2.46 bits per heavy atom. The zero-order chi connectivity index (χ0) is 24.9. The maximum absolute atomic E-state index is 12.6. The molecule has 4 rings (SSSR count). The Hall–Kier alpha value is -4.42. The number of hydrogen-bond donors (Lipinski definition) is 1. The van der Waals surface area contributed by atoms with E-state index in [1.54, 1.807) is 30.3 Å². The van der Waals surface area contributed by atoms with Gasteiger partial charge in [0.1, 0.15) is 0 Å². The van der Waals surface area contributed by atoms with E-state index in [0.717, 1.165) is 10.5 Å². The van der Waals surface area contributed by atoms with Gasteiger partial charge in [0.15, 0.2) is 6.61 Å². The Bertz CT molecular complexity index is 1380. The summed E-state index contributed by atoms with van der Waals surface area (Å²) in [7, 11) is 1.39. The van der Waals surface area contributed by atoms with Gasteiger partial charge in [0.2, 0.25) is 0 Å². The van der Waals surface area contributed by atoms with Gasteiger partial charge < -0.3 is 10.1 Å². The SMILES string of the molecule is CN1C(=O)c2ccc(NC(=O)COC(=O)c3ccccc3SCc3ccc(C#N)cc3)cc2C1=O. The lowest BCUT2D eigenvalue weighted by atomic mass is 10.1. The van der Waals surface area contributed by atoms with E-state index in [0.29, 0.717) is 27.5 Å². The summed E-state index contributed by atoms with van der Waals surface area (Å²) in [5, 5.41) is 11.5. The molecule has 1 heterocycles. The van der Waals surface area contributed by atoms with E-state index in [1.165, 1.54) is 37.0 Å². The third-order valence-electron chi connectivity index (χ3n) is 5.29. The number of ether oxygens (including phenoxy) is 1. The summed E-state index contributed by atoms with van der Waals surface area (Å²) < 4.78 is 5.20. The van der Waals surface area contributed by atoms with Gasteiger partial charge in [-0.1, -0.05) is 24.3 Å². The zero-order valence-corrected chi connectivity index (χ0v) is 19.4. The summed E-state index contributed by atoms with van der Waals surface area (Å²) in [4.78, 5) is 50.8. The molecule has 0 spiro atoms. The van der Waals surface area contributed by atoms with E-state index >= 15 is 0 Å². The molecule has 0 saturated carbocycles. The number of nitrogens with one attached hydrogen (secondary N) is 1. The minimum absolute atomic E-state index is 0.209. The van der Waals surface area contributed by atoms with Gasteiger partial charge in [0, 0.05) is 23.4 Å². The fraction of sp³-hybridized carbons (Fsp3) is 0.115. The van der Waals surface area contributed by atoms with E-state index in [1.807, 2.05) is 18.2 Å². The summed E-state index contributed by atoms with van der Waals surface area (Å²) in [6.07, 6.45) is 0. The zero-order valence-electron chi connectivity index (χ0n) is 18.6. The molecule has 1 N–H and O–H groups in total. The van der Waals surface area contributed by atoms with Crippen molar-refractivity contribution in [2.24, 2.45) is 0 Å². The number of fused-ring (bicyclic) bond motifs is 1. The van der Waals surface area contributed by atoms with Gasteiger partial charge in [0.05, 0.1) is 28.3 Å². The van der Waals surface area contributed by atoms with E-state index in [4.69, 9.17) is 10.00 Å². The number of carbonyl (C=O) groups excluding carboxylic acids is 4. The third-order valence-corrected chi connectivity index (χ3v) is 6.44. The van der Waals surface area contributed by atoms with Crippen LogP contribution < -0.4 is 5.32 Å². The quantitative estimate of drug-likeness (QED) is 0.307. The molecule has 0 saturated heterocycles. The average molecular weight is 486 g/mol. The number of thioether (sulfide) groups is 1. The second kappa shape index (κ2) is 10.2. The van der Waals surface area contributed by atoms with E-state index in [2.05, 4.69) is 11.4 Å². The van der Waals surface area contributed by atoms with Gasteiger partial charge in [-0.15, -0.1) is 11.8 Å². The number of amides is 3. The fourth-order valence-corrected chi connectivity index (χ4v) is 4.44. The van der Waals surface area contributed by atoms with Crippen molar-refractivity contribution in [1.82, 2.24) is 4.90 Å². The summed E-state index contributed by atoms with van der Waals surface area (Å²) >= 11 is 1.44. The van der Waals surface area contributed by atoms with Gasteiger partial charge in [-0.25, -0.2) is 4.79 Å². The lowest BCUT2D eigenvalue weighted by molar-refractivity contribution is -0.119. The largest absolute Gasteiger partial charge is 0.452 e. The van der Waals surface area contributed by atoms with Crippen LogP contribution in [0.15, 0.2) is 71.6 Å². The summed E-state index contributed by atoms with van der Waals surface area (Å²) in [5.41, 5.74) is 2.71. The number of imide groups is 1. The minimum Gasteiger partial charge on any atom is -0.452 e. The number of carbonyl (C=O) groups is 4. The third kappa shape index (κ3) is 5.23. The second-order valence-corrected chi connectivity index (χ2v) is 8.66. The first-order valence-electron chi connectivity index (χ1n) is 10.5. The first-order chi connectivity index (χ1) is 16.9. The maximum Gasteiger partial charge on any atom is 0.339 e. The molecule has 35 heavy (non-hydrogen) atoms. The van der Waals surface area contributed by atoms with Crippen LogP contribution in [-0.2, 0) is 15.3 Å². The lowest BCUT2D eigenvalue weighted by Crippen LogP contribution is -2.24. The average Bonchev–Trinajstić information content (AvgIpc) is 3.10. The van der Waals surface area contributed by atoms with Crippen molar-refractivity contribution in [3.05, 3.63) is 94.5 Å². The van der Waals surface area contributed by atoms with Crippen LogP contribution in [0.2, 0.25) is 0 Å². The Kier molecular flexibility index (Phi) is 6.94. The van der Waals surface area contributed by atoms with Gasteiger partial charge in [-0.3, -0.25) is 19.3 Å². The van der Waals surface area contributed by atoms with Gasteiger partial charge in [0.25, 0.3) is 17.7 Å². The Balaban J connectivity index is 1.35. The van der Waals surface area contributed by atoms with Gasteiger partial charge in [-0.05, 0) is 48.0 Å². The van der Waals surface area contributed by atoms with Crippen molar-refractivity contribution in [2.45, 2.75) is 10.6 Å². The predicted octanol–water partition coefficient (Wildman–Crippen LogP) is 3.87. The van der Waals surface area contributed by atoms with Gasteiger partial charge >= 0.3 is 5.97 Å². The van der Waals surface area contributed by atoms with Crippen molar-refractivity contribution in [1.29, 1.82) is 5.26 Å². The Labute approximate surface area is 205 Å². The van der Waals surface area contributed by atoms with Crippen LogP contribution >= 0.6 is 11.8 Å². The van der Waals surface area contributed by atoms with E-state index in [-0.39, 0.29) is 11.1 Å². The van der Waals surface area contributed by atoms with Crippen LogP contribution in [0.4, 0.5) is 5.69 Å². The standard InChI is InChI=1S/C26H19N3O5S/c1-29-24(31)19-11-10-18(12-21(19)25(29)32)28-23(30)14-34-26(33)20-4-2-3-5-22(20)35-15-17-8-6-16(13-27)7-9-17/h2-12H,14-15H2,1H3,(H,28,30). The minimum atomic E-state index is -0.639. The van der Waals surface area contributed by atoms with Crippen LogP contribution in [0, 0.1) is 11.3 Å². The number of esters is 1. The van der Waals surface area contributed by atoms with Crippen LogP contribution in [0.1, 0.15) is 42.2 Å². The van der Waals surface area contributed by atoms with Crippen molar-refractivity contribution in [3.8, 4) is 6.07 Å². The van der Waals surface area contributed by atoms with Crippen LogP contribution in [0.5, 0.6) is 0 Å². The summed E-state index contributed by atoms with van der Waals surface area (Å²) in [5.74, 6) is -1.47. The molecule has 3 aromatic carbocycles.